The number of carbonyl (C=O) groups excluding carboxylic acids is 1. The summed E-state index contributed by atoms with van der Waals surface area (Å²) in [6.07, 6.45) is 3.10. The van der Waals surface area contributed by atoms with Gasteiger partial charge in [-0.15, -0.1) is 0 Å². The maximum absolute atomic E-state index is 11.7. The molecule has 1 fully saturated rings. The highest BCUT2D eigenvalue weighted by Gasteiger charge is 2.26. The summed E-state index contributed by atoms with van der Waals surface area (Å²) < 4.78 is 10.5. The van der Waals surface area contributed by atoms with Crippen molar-refractivity contribution in [3.63, 3.8) is 0 Å². The van der Waals surface area contributed by atoms with E-state index in [1.54, 1.807) is 0 Å². The summed E-state index contributed by atoms with van der Waals surface area (Å²) in [5.74, 6) is 0.367. The van der Waals surface area contributed by atoms with Crippen LogP contribution in [0.5, 0.6) is 0 Å². The first-order valence-electron chi connectivity index (χ1n) is 6.90. The Bertz CT molecular complexity index is 254. The van der Waals surface area contributed by atoms with Crippen molar-refractivity contribution in [2.75, 3.05) is 19.8 Å². The minimum atomic E-state index is -0.100. The molecule has 1 aliphatic rings. The summed E-state index contributed by atoms with van der Waals surface area (Å²) >= 11 is 0. The van der Waals surface area contributed by atoms with Crippen LogP contribution < -0.4 is 5.73 Å². The zero-order chi connectivity index (χ0) is 13.6. The van der Waals surface area contributed by atoms with Crippen molar-refractivity contribution in [2.45, 2.75) is 52.6 Å². The Morgan fingerprint density at radius 1 is 1.44 bits per heavy atom. The lowest BCUT2D eigenvalue weighted by molar-refractivity contribution is -0.149. The minimum Gasteiger partial charge on any atom is -0.460 e. The molecule has 0 aromatic carbocycles. The highest BCUT2D eigenvalue weighted by molar-refractivity contribution is 5.69. The largest absolute Gasteiger partial charge is 0.460 e. The number of esters is 1. The Labute approximate surface area is 110 Å². The van der Waals surface area contributed by atoms with Crippen LogP contribution in [-0.2, 0) is 14.3 Å². The molecule has 4 nitrogen and oxygen atoms in total. The molecule has 18 heavy (non-hydrogen) atoms. The molecule has 1 aliphatic heterocycles. The molecular formula is C14H27NO3. The van der Waals surface area contributed by atoms with Crippen molar-refractivity contribution in [3.8, 4) is 0 Å². The molecule has 0 saturated carbocycles. The van der Waals surface area contributed by atoms with E-state index in [9.17, 15) is 4.79 Å². The van der Waals surface area contributed by atoms with Crippen molar-refractivity contribution in [1.29, 1.82) is 0 Å². The van der Waals surface area contributed by atoms with E-state index < -0.39 is 0 Å². The van der Waals surface area contributed by atoms with E-state index in [1.165, 1.54) is 0 Å². The zero-order valence-electron chi connectivity index (χ0n) is 11.9. The Morgan fingerprint density at radius 3 is 2.67 bits per heavy atom. The van der Waals surface area contributed by atoms with Gasteiger partial charge in [0.2, 0.25) is 0 Å². The van der Waals surface area contributed by atoms with Gasteiger partial charge in [-0.05, 0) is 30.7 Å². The Morgan fingerprint density at radius 2 is 2.17 bits per heavy atom. The van der Waals surface area contributed by atoms with Gasteiger partial charge in [-0.1, -0.05) is 20.8 Å². The quantitative estimate of drug-likeness (QED) is 0.740. The molecule has 0 aromatic rings. The van der Waals surface area contributed by atoms with Crippen molar-refractivity contribution in [2.24, 2.45) is 17.1 Å². The molecule has 0 amide bonds. The van der Waals surface area contributed by atoms with Crippen LogP contribution in [0.2, 0.25) is 0 Å². The number of hydrogen-bond acceptors (Lipinski definition) is 4. The molecule has 4 heteroatoms. The van der Waals surface area contributed by atoms with Gasteiger partial charge in [0.25, 0.3) is 0 Å². The first-order chi connectivity index (χ1) is 8.43. The van der Waals surface area contributed by atoms with Crippen LogP contribution in [0.3, 0.4) is 0 Å². The molecule has 1 heterocycles. The third-order valence-corrected chi connectivity index (χ3v) is 3.62. The summed E-state index contributed by atoms with van der Waals surface area (Å²) in [7, 11) is 0. The minimum absolute atomic E-state index is 0.0277. The van der Waals surface area contributed by atoms with Gasteiger partial charge in [0.15, 0.2) is 0 Å². The number of carbonyl (C=O) groups is 1. The van der Waals surface area contributed by atoms with Crippen molar-refractivity contribution in [1.82, 2.24) is 0 Å². The molecule has 0 radical (unpaired) electrons. The highest BCUT2D eigenvalue weighted by Crippen LogP contribution is 2.32. The van der Waals surface area contributed by atoms with Gasteiger partial charge in [-0.3, -0.25) is 4.79 Å². The molecule has 0 aromatic heterocycles. The average molecular weight is 257 g/mol. The zero-order valence-corrected chi connectivity index (χ0v) is 11.9. The van der Waals surface area contributed by atoms with Crippen molar-refractivity contribution >= 4 is 5.97 Å². The number of ether oxygens (including phenoxy) is 2. The van der Waals surface area contributed by atoms with E-state index in [-0.39, 0.29) is 17.5 Å². The normalized spacial score (nSPS) is 21.9. The first kappa shape index (κ1) is 15.4. The lowest BCUT2D eigenvalue weighted by Crippen LogP contribution is -2.25. The van der Waals surface area contributed by atoms with Gasteiger partial charge in [-0.25, -0.2) is 0 Å². The Kier molecular flexibility index (Phi) is 6.09. The van der Waals surface area contributed by atoms with E-state index in [1.807, 2.05) is 0 Å². The monoisotopic (exact) mass is 257 g/mol. The van der Waals surface area contributed by atoms with E-state index >= 15 is 0 Å². The van der Waals surface area contributed by atoms with Gasteiger partial charge in [0, 0.05) is 12.8 Å². The van der Waals surface area contributed by atoms with E-state index in [4.69, 9.17) is 15.2 Å². The fourth-order valence-corrected chi connectivity index (χ4v) is 2.35. The number of rotatable bonds is 6. The first-order valence-corrected chi connectivity index (χ1v) is 6.90. The maximum atomic E-state index is 11.7. The molecule has 1 saturated heterocycles. The lowest BCUT2D eigenvalue weighted by Gasteiger charge is -2.30. The van der Waals surface area contributed by atoms with Gasteiger partial charge < -0.3 is 15.2 Å². The van der Waals surface area contributed by atoms with Crippen LogP contribution in [0.15, 0.2) is 0 Å². The summed E-state index contributed by atoms with van der Waals surface area (Å²) in [4.78, 5) is 11.7. The van der Waals surface area contributed by atoms with Crippen LogP contribution in [0.1, 0.15) is 46.5 Å². The second kappa shape index (κ2) is 7.10. The van der Waals surface area contributed by atoms with Crippen LogP contribution >= 0.6 is 0 Å². The molecule has 106 valence electrons. The molecule has 2 atom stereocenters. The highest BCUT2D eigenvalue weighted by atomic mass is 16.6. The molecule has 0 spiro atoms. The van der Waals surface area contributed by atoms with Gasteiger partial charge in [-0.2, -0.15) is 0 Å². The van der Waals surface area contributed by atoms with E-state index in [0.717, 1.165) is 19.3 Å². The van der Waals surface area contributed by atoms with Crippen LogP contribution in [0.25, 0.3) is 0 Å². The smallest absolute Gasteiger partial charge is 0.306 e. The van der Waals surface area contributed by atoms with Crippen molar-refractivity contribution < 1.29 is 14.3 Å². The maximum Gasteiger partial charge on any atom is 0.306 e. The predicted molar refractivity (Wildman–Crippen MR) is 71.2 cm³/mol. The number of nitrogens with two attached hydrogens (primary N) is 1. The molecule has 1 rings (SSSR count). The predicted octanol–water partition coefficient (Wildman–Crippen LogP) is 2.11. The standard InChI is InChI=1S/C14H27NO3/c1-14(2,3)11(6-8-15)4-5-13(16)18-12-7-9-17-10-12/h11-12H,4-10,15H2,1-3H3. The Balaban J connectivity index is 2.30. The second-order valence-electron chi connectivity index (χ2n) is 6.15. The van der Waals surface area contributed by atoms with E-state index in [2.05, 4.69) is 20.8 Å². The third kappa shape index (κ3) is 5.36. The van der Waals surface area contributed by atoms with Crippen LogP contribution in [0.4, 0.5) is 0 Å². The molecule has 2 unspecified atom stereocenters. The Hall–Kier alpha value is -0.610. The SMILES string of the molecule is CC(C)(C)C(CCN)CCC(=O)OC1CCOC1. The molecule has 0 bridgehead atoms. The average Bonchev–Trinajstić information content (AvgIpc) is 2.75. The number of hydrogen-bond donors (Lipinski definition) is 1. The second-order valence-corrected chi connectivity index (χ2v) is 6.15. The fourth-order valence-electron chi connectivity index (χ4n) is 2.35. The topological polar surface area (TPSA) is 61.6 Å². The van der Waals surface area contributed by atoms with Gasteiger partial charge in [0.1, 0.15) is 6.10 Å². The summed E-state index contributed by atoms with van der Waals surface area (Å²) in [6.45, 7) is 8.52. The van der Waals surface area contributed by atoms with Crippen LogP contribution in [0, 0.1) is 11.3 Å². The van der Waals surface area contributed by atoms with Gasteiger partial charge >= 0.3 is 5.97 Å². The lowest BCUT2D eigenvalue weighted by atomic mass is 9.76. The van der Waals surface area contributed by atoms with Gasteiger partial charge in [0.05, 0.1) is 13.2 Å². The molecular weight excluding hydrogens is 230 g/mol. The summed E-state index contributed by atoms with van der Waals surface area (Å²) in [6, 6.07) is 0. The molecule has 2 N–H and O–H groups in total. The summed E-state index contributed by atoms with van der Waals surface area (Å²) in [5, 5.41) is 0. The summed E-state index contributed by atoms with van der Waals surface area (Å²) in [5.41, 5.74) is 5.82. The van der Waals surface area contributed by atoms with Crippen LogP contribution in [-0.4, -0.2) is 31.8 Å². The van der Waals surface area contributed by atoms with Crippen molar-refractivity contribution in [3.05, 3.63) is 0 Å². The fraction of sp³-hybridized carbons (Fsp3) is 0.929. The van der Waals surface area contributed by atoms with E-state index in [0.29, 0.717) is 32.1 Å². The molecule has 0 aliphatic carbocycles. The third-order valence-electron chi connectivity index (χ3n) is 3.62.